The van der Waals surface area contributed by atoms with Crippen LogP contribution in [0.2, 0.25) is 0 Å². The number of pyridine rings is 1. The number of nitrogens with zero attached hydrogens (tertiary/aromatic N) is 1. The van der Waals surface area contributed by atoms with E-state index in [2.05, 4.69) is 10.3 Å². The van der Waals surface area contributed by atoms with Crippen molar-refractivity contribution < 1.29 is 9.90 Å². The summed E-state index contributed by atoms with van der Waals surface area (Å²) in [5, 5.41) is 14.0. The fraction of sp³-hybridized carbons (Fsp3) is 0.444. The van der Waals surface area contributed by atoms with E-state index >= 15 is 0 Å². The molecule has 0 aliphatic heterocycles. The number of para-hydroxylation sites is 1. The first-order valence-electron chi connectivity index (χ1n) is 7.98. The second-order valence-corrected chi connectivity index (χ2v) is 6.15. The Morgan fingerprint density at radius 2 is 2.09 bits per heavy atom. The third-order valence-corrected chi connectivity index (χ3v) is 4.52. The molecule has 0 bridgehead atoms. The molecule has 1 heterocycles. The maximum absolute atomic E-state index is 12.4. The van der Waals surface area contributed by atoms with Gasteiger partial charge in [-0.25, -0.2) is 0 Å². The zero-order valence-electron chi connectivity index (χ0n) is 12.9. The summed E-state index contributed by atoms with van der Waals surface area (Å²) in [6, 6.07) is 9.51. The molecule has 1 aliphatic rings. The third-order valence-electron chi connectivity index (χ3n) is 4.52. The number of carbonyl (C=O) groups excluding carboxylic acids is 1. The van der Waals surface area contributed by atoms with Crippen LogP contribution in [0.5, 0.6) is 0 Å². The molecule has 4 nitrogen and oxygen atoms in total. The summed E-state index contributed by atoms with van der Waals surface area (Å²) >= 11 is 0. The maximum Gasteiger partial charge on any atom is 0.253 e. The number of rotatable bonds is 4. The van der Waals surface area contributed by atoms with Crippen molar-refractivity contribution in [1.82, 2.24) is 10.3 Å². The number of nitrogens with one attached hydrogen (secondary N) is 1. The SMILES string of the molecule is Cc1ccc2cccc(C(=O)NCC(O)C3CCCC3)c2n1. The quantitative estimate of drug-likeness (QED) is 0.912. The Kier molecular flexibility index (Phi) is 4.39. The number of hydrogen-bond acceptors (Lipinski definition) is 3. The van der Waals surface area contributed by atoms with Crippen molar-refractivity contribution in [3.05, 3.63) is 41.6 Å². The van der Waals surface area contributed by atoms with Gasteiger partial charge in [-0.15, -0.1) is 0 Å². The van der Waals surface area contributed by atoms with Gasteiger partial charge in [0.05, 0.1) is 17.2 Å². The van der Waals surface area contributed by atoms with Gasteiger partial charge in [-0.2, -0.15) is 0 Å². The van der Waals surface area contributed by atoms with Gasteiger partial charge in [0.15, 0.2) is 0 Å². The molecule has 1 unspecified atom stereocenters. The zero-order valence-corrected chi connectivity index (χ0v) is 12.9. The van der Waals surface area contributed by atoms with Crippen molar-refractivity contribution in [3.63, 3.8) is 0 Å². The van der Waals surface area contributed by atoms with E-state index in [0.29, 0.717) is 18.0 Å². The highest BCUT2D eigenvalue weighted by Gasteiger charge is 2.23. The first-order chi connectivity index (χ1) is 10.6. The molecule has 1 aromatic heterocycles. The molecule has 1 fully saturated rings. The molecule has 2 N–H and O–H groups in total. The van der Waals surface area contributed by atoms with Gasteiger partial charge in [-0.1, -0.05) is 31.0 Å². The topological polar surface area (TPSA) is 62.2 Å². The molecule has 1 saturated carbocycles. The van der Waals surface area contributed by atoms with Gasteiger partial charge in [-0.3, -0.25) is 9.78 Å². The van der Waals surface area contributed by atoms with Gasteiger partial charge in [0.25, 0.3) is 5.91 Å². The van der Waals surface area contributed by atoms with Crippen LogP contribution in [0.4, 0.5) is 0 Å². The minimum atomic E-state index is -0.448. The normalized spacial score (nSPS) is 16.8. The lowest BCUT2D eigenvalue weighted by Gasteiger charge is -2.18. The van der Waals surface area contributed by atoms with E-state index in [9.17, 15) is 9.90 Å². The fourth-order valence-electron chi connectivity index (χ4n) is 3.23. The summed E-state index contributed by atoms with van der Waals surface area (Å²) in [6.07, 6.45) is 4.04. The van der Waals surface area contributed by atoms with Crippen molar-refractivity contribution in [3.8, 4) is 0 Å². The third kappa shape index (κ3) is 3.12. The number of aromatic nitrogens is 1. The number of amides is 1. The van der Waals surface area contributed by atoms with E-state index < -0.39 is 6.10 Å². The van der Waals surface area contributed by atoms with Crippen molar-refractivity contribution in [1.29, 1.82) is 0 Å². The molecule has 1 amide bonds. The fourth-order valence-corrected chi connectivity index (χ4v) is 3.23. The largest absolute Gasteiger partial charge is 0.391 e. The minimum Gasteiger partial charge on any atom is -0.391 e. The lowest BCUT2D eigenvalue weighted by Crippen LogP contribution is -2.35. The van der Waals surface area contributed by atoms with Crippen LogP contribution in [0, 0.1) is 12.8 Å². The highest BCUT2D eigenvalue weighted by molar-refractivity contribution is 6.05. The predicted molar refractivity (Wildman–Crippen MR) is 86.8 cm³/mol. The number of benzene rings is 1. The van der Waals surface area contributed by atoms with Crippen molar-refractivity contribution in [2.24, 2.45) is 5.92 Å². The molecule has 4 heteroatoms. The molecule has 1 aliphatic carbocycles. The van der Waals surface area contributed by atoms with Crippen LogP contribution in [-0.2, 0) is 0 Å². The summed E-state index contributed by atoms with van der Waals surface area (Å²) < 4.78 is 0. The van der Waals surface area contributed by atoms with Crippen LogP contribution in [0.25, 0.3) is 10.9 Å². The van der Waals surface area contributed by atoms with Gasteiger partial charge < -0.3 is 10.4 Å². The van der Waals surface area contributed by atoms with Crippen molar-refractivity contribution in [2.45, 2.75) is 38.7 Å². The van der Waals surface area contributed by atoms with E-state index in [1.807, 2.05) is 31.2 Å². The molecular formula is C18H22N2O2. The molecule has 0 saturated heterocycles. The molecule has 2 aromatic rings. The van der Waals surface area contributed by atoms with Gasteiger partial charge in [-0.05, 0) is 37.8 Å². The summed E-state index contributed by atoms with van der Waals surface area (Å²) in [4.78, 5) is 16.9. The Balaban J connectivity index is 1.73. The van der Waals surface area contributed by atoms with Crippen LogP contribution in [0.1, 0.15) is 41.7 Å². The average Bonchev–Trinajstić information content (AvgIpc) is 3.06. The lowest BCUT2D eigenvalue weighted by molar-refractivity contribution is 0.0842. The number of fused-ring (bicyclic) bond motifs is 1. The first-order valence-corrected chi connectivity index (χ1v) is 7.98. The van der Waals surface area contributed by atoms with Gasteiger partial charge in [0.1, 0.15) is 0 Å². The Morgan fingerprint density at radius 3 is 2.86 bits per heavy atom. The van der Waals surface area contributed by atoms with Crippen LogP contribution in [-0.4, -0.2) is 28.6 Å². The molecule has 116 valence electrons. The highest BCUT2D eigenvalue weighted by atomic mass is 16.3. The number of aliphatic hydroxyl groups is 1. The Bertz CT molecular complexity index is 678. The Hall–Kier alpha value is -1.94. The molecule has 1 aromatic carbocycles. The number of aryl methyl sites for hydroxylation is 1. The summed E-state index contributed by atoms with van der Waals surface area (Å²) in [5.74, 6) is 0.161. The van der Waals surface area contributed by atoms with E-state index in [1.54, 1.807) is 6.07 Å². The number of carbonyl (C=O) groups is 1. The van der Waals surface area contributed by atoms with Crippen molar-refractivity contribution >= 4 is 16.8 Å². The second kappa shape index (κ2) is 6.44. The maximum atomic E-state index is 12.4. The van der Waals surface area contributed by atoms with Gasteiger partial charge >= 0.3 is 0 Å². The first kappa shape index (κ1) is 15.0. The van der Waals surface area contributed by atoms with Crippen LogP contribution in [0.3, 0.4) is 0 Å². The molecule has 0 spiro atoms. The Morgan fingerprint density at radius 1 is 1.32 bits per heavy atom. The van der Waals surface area contributed by atoms with E-state index in [4.69, 9.17) is 0 Å². The molecule has 22 heavy (non-hydrogen) atoms. The van der Waals surface area contributed by atoms with Crippen LogP contribution >= 0.6 is 0 Å². The number of aliphatic hydroxyl groups excluding tert-OH is 1. The van der Waals surface area contributed by atoms with Crippen molar-refractivity contribution in [2.75, 3.05) is 6.54 Å². The highest BCUT2D eigenvalue weighted by Crippen LogP contribution is 2.27. The van der Waals surface area contributed by atoms with Gasteiger partial charge in [0.2, 0.25) is 0 Å². The summed E-state index contributed by atoms with van der Waals surface area (Å²) in [6.45, 7) is 2.23. The number of hydrogen-bond donors (Lipinski definition) is 2. The smallest absolute Gasteiger partial charge is 0.253 e. The monoisotopic (exact) mass is 298 g/mol. The average molecular weight is 298 g/mol. The van der Waals surface area contributed by atoms with E-state index in [-0.39, 0.29) is 5.91 Å². The Labute approximate surface area is 130 Å². The lowest BCUT2D eigenvalue weighted by atomic mass is 10.0. The van der Waals surface area contributed by atoms with E-state index in [1.165, 1.54) is 12.8 Å². The van der Waals surface area contributed by atoms with Gasteiger partial charge in [0, 0.05) is 17.6 Å². The molecule has 3 rings (SSSR count). The van der Waals surface area contributed by atoms with E-state index in [0.717, 1.165) is 29.4 Å². The van der Waals surface area contributed by atoms with Crippen LogP contribution in [0.15, 0.2) is 30.3 Å². The molecule has 1 atom stereocenters. The molecular weight excluding hydrogens is 276 g/mol. The minimum absolute atomic E-state index is 0.166. The second-order valence-electron chi connectivity index (χ2n) is 6.15. The summed E-state index contributed by atoms with van der Waals surface area (Å²) in [7, 11) is 0. The standard InChI is InChI=1S/C18H22N2O2/c1-12-9-10-14-7-4-8-15(17(14)20-12)18(22)19-11-16(21)13-5-2-3-6-13/h4,7-10,13,16,21H,2-3,5-6,11H2,1H3,(H,19,22). The zero-order chi connectivity index (χ0) is 15.5. The predicted octanol–water partition coefficient (Wildman–Crippen LogP) is 2.82. The summed E-state index contributed by atoms with van der Waals surface area (Å²) in [5.41, 5.74) is 2.17. The molecule has 0 radical (unpaired) electrons. The van der Waals surface area contributed by atoms with Crippen LogP contribution < -0.4 is 5.32 Å².